The van der Waals surface area contributed by atoms with Crippen molar-refractivity contribution >= 4 is 27.3 Å². The van der Waals surface area contributed by atoms with Gasteiger partial charge in [0.15, 0.2) is 0 Å². The van der Waals surface area contributed by atoms with Crippen molar-refractivity contribution in [2.75, 3.05) is 14.2 Å². The van der Waals surface area contributed by atoms with Gasteiger partial charge in [0.25, 0.3) is 0 Å². The molecule has 2 rings (SSSR count). The van der Waals surface area contributed by atoms with Gasteiger partial charge in [-0.05, 0) is 58.2 Å². The van der Waals surface area contributed by atoms with E-state index in [1.165, 1.54) is 16.0 Å². The van der Waals surface area contributed by atoms with Gasteiger partial charge in [-0.1, -0.05) is 0 Å². The Labute approximate surface area is 114 Å². The number of hydrogen-bond acceptors (Lipinski definition) is 3. The van der Waals surface area contributed by atoms with Gasteiger partial charge in [0.2, 0.25) is 0 Å². The Morgan fingerprint density at radius 3 is 2.76 bits per heavy atom. The van der Waals surface area contributed by atoms with Crippen molar-refractivity contribution in [2.24, 2.45) is 0 Å². The first kappa shape index (κ1) is 12.6. The molecule has 0 amide bonds. The smallest absolute Gasteiger partial charge is 0.123 e. The number of benzene rings is 1. The summed E-state index contributed by atoms with van der Waals surface area (Å²) in [6.07, 6.45) is 0. The summed E-state index contributed by atoms with van der Waals surface area (Å²) >= 11 is 5.30. The minimum atomic E-state index is 0.806. The van der Waals surface area contributed by atoms with E-state index in [9.17, 15) is 0 Å². The minimum Gasteiger partial charge on any atom is -0.496 e. The molecule has 1 heterocycles. The molecule has 0 unspecified atom stereocenters. The lowest BCUT2D eigenvalue weighted by Gasteiger charge is -2.10. The summed E-state index contributed by atoms with van der Waals surface area (Å²) in [4.78, 5) is 1.25. The molecule has 0 bridgehead atoms. The molecule has 0 aliphatic heterocycles. The number of hydrogen-bond donors (Lipinski definition) is 1. The first-order valence-electron chi connectivity index (χ1n) is 5.31. The van der Waals surface area contributed by atoms with Crippen molar-refractivity contribution in [3.05, 3.63) is 39.7 Å². The molecule has 0 radical (unpaired) electrons. The van der Waals surface area contributed by atoms with Crippen molar-refractivity contribution in [3.63, 3.8) is 0 Å². The van der Waals surface area contributed by atoms with E-state index in [0.29, 0.717) is 0 Å². The minimum absolute atomic E-state index is 0.806. The second kappa shape index (κ2) is 5.67. The lowest BCUT2D eigenvalue weighted by Crippen LogP contribution is -2.06. The van der Waals surface area contributed by atoms with Crippen molar-refractivity contribution in [2.45, 2.75) is 6.54 Å². The van der Waals surface area contributed by atoms with E-state index in [-0.39, 0.29) is 0 Å². The van der Waals surface area contributed by atoms with Crippen LogP contribution in [0.15, 0.2) is 34.1 Å². The van der Waals surface area contributed by atoms with Crippen molar-refractivity contribution in [3.8, 4) is 16.2 Å². The van der Waals surface area contributed by atoms with Crippen LogP contribution in [0.1, 0.15) is 5.56 Å². The fourth-order valence-corrected chi connectivity index (χ4v) is 3.35. The van der Waals surface area contributed by atoms with Crippen LogP contribution in [0.3, 0.4) is 0 Å². The van der Waals surface area contributed by atoms with Crippen LogP contribution in [0, 0.1) is 0 Å². The molecule has 0 spiro atoms. The molecule has 4 heteroatoms. The number of rotatable bonds is 4. The van der Waals surface area contributed by atoms with Crippen LogP contribution < -0.4 is 10.1 Å². The zero-order chi connectivity index (χ0) is 12.3. The highest BCUT2D eigenvalue weighted by Crippen LogP contribution is 2.35. The van der Waals surface area contributed by atoms with E-state index in [2.05, 4.69) is 44.8 Å². The monoisotopic (exact) mass is 311 g/mol. The average molecular weight is 312 g/mol. The van der Waals surface area contributed by atoms with E-state index < -0.39 is 0 Å². The summed E-state index contributed by atoms with van der Waals surface area (Å²) in [5.41, 5.74) is 2.39. The fourth-order valence-electron chi connectivity index (χ4n) is 1.75. The van der Waals surface area contributed by atoms with Crippen molar-refractivity contribution in [1.29, 1.82) is 0 Å². The molecule has 1 aromatic carbocycles. The standard InChI is InChI=1S/C13H14BrNOS/c1-15-8-10-7-9(3-4-12(10)16-2)13-11(14)5-6-17-13/h3-7,15H,8H2,1-2H3. The molecule has 0 aliphatic carbocycles. The Kier molecular flexibility index (Phi) is 4.20. The third-order valence-electron chi connectivity index (χ3n) is 2.53. The van der Waals surface area contributed by atoms with Gasteiger partial charge in [0.1, 0.15) is 5.75 Å². The molecule has 0 saturated carbocycles. The highest BCUT2D eigenvalue weighted by atomic mass is 79.9. The first-order chi connectivity index (χ1) is 8.26. The molecule has 1 aromatic heterocycles. The van der Waals surface area contributed by atoms with E-state index in [1.54, 1.807) is 18.4 Å². The molecule has 2 nitrogen and oxygen atoms in total. The quantitative estimate of drug-likeness (QED) is 0.924. The van der Waals surface area contributed by atoms with Crippen LogP contribution in [-0.4, -0.2) is 14.2 Å². The van der Waals surface area contributed by atoms with E-state index in [1.807, 2.05) is 13.1 Å². The maximum absolute atomic E-state index is 5.35. The summed E-state index contributed by atoms with van der Waals surface area (Å²) in [6.45, 7) is 0.806. The second-order valence-electron chi connectivity index (χ2n) is 3.65. The molecule has 0 aliphatic rings. The maximum Gasteiger partial charge on any atom is 0.123 e. The molecule has 2 aromatic rings. The summed E-state index contributed by atoms with van der Waals surface area (Å²) in [5.74, 6) is 0.927. The fraction of sp³-hybridized carbons (Fsp3) is 0.231. The largest absolute Gasteiger partial charge is 0.496 e. The van der Waals surface area contributed by atoms with Gasteiger partial charge in [-0.15, -0.1) is 11.3 Å². The van der Waals surface area contributed by atoms with E-state index in [0.717, 1.165) is 16.8 Å². The van der Waals surface area contributed by atoms with Crippen LogP contribution in [0.2, 0.25) is 0 Å². The maximum atomic E-state index is 5.35. The molecule has 17 heavy (non-hydrogen) atoms. The van der Waals surface area contributed by atoms with Crippen molar-refractivity contribution in [1.82, 2.24) is 5.32 Å². The Morgan fingerprint density at radius 2 is 2.18 bits per heavy atom. The third-order valence-corrected chi connectivity index (χ3v) is 4.41. The molecule has 0 saturated heterocycles. The van der Waals surface area contributed by atoms with Gasteiger partial charge < -0.3 is 10.1 Å². The Bertz CT molecular complexity index is 510. The third kappa shape index (κ3) is 2.70. The number of ether oxygens (including phenoxy) is 1. The van der Waals surface area contributed by atoms with Crippen LogP contribution in [-0.2, 0) is 6.54 Å². The summed E-state index contributed by atoms with van der Waals surface area (Å²) in [5, 5.41) is 5.24. The predicted octanol–water partition coefficient (Wildman–Crippen LogP) is 3.91. The topological polar surface area (TPSA) is 21.3 Å². The molecule has 0 atom stereocenters. The number of nitrogens with one attached hydrogen (secondary N) is 1. The Morgan fingerprint density at radius 1 is 1.35 bits per heavy atom. The summed E-state index contributed by atoms with van der Waals surface area (Å²) < 4.78 is 6.49. The summed E-state index contributed by atoms with van der Waals surface area (Å²) in [6, 6.07) is 8.36. The van der Waals surface area contributed by atoms with Gasteiger partial charge >= 0.3 is 0 Å². The second-order valence-corrected chi connectivity index (χ2v) is 5.43. The van der Waals surface area contributed by atoms with Crippen LogP contribution in [0.4, 0.5) is 0 Å². The Balaban J connectivity index is 2.43. The van der Waals surface area contributed by atoms with E-state index >= 15 is 0 Å². The van der Waals surface area contributed by atoms with Crippen molar-refractivity contribution < 1.29 is 4.74 Å². The average Bonchev–Trinajstić information content (AvgIpc) is 2.76. The normalized spacial score (nSPS) is 10.5. The number of halogens is 1. The Hall–Kier alpha value is -0.840. The van der Waals surface area contributed by atoms with Gasteiger partial charge in [-0.3, -0.25) is 0 Å². The predicted molar refractivity (Wildman–Crippen MR) is 76.8 cm³/mol. The van der Waals surface area contributed by atoms with Gasteiger partial charge in [0, 0.05) is 21.5 Å². The zero-order valence-corrected chi connectivity index (χ0v) is 12.2. The highest BCUT2D eigenvalue weighted by molar-refractivity contribution is 9.10. The van der Waals surface area contributed by atoms with E-state index in [4.69, 9.17) is 4.74 Å². The van der Waals surface area contributed by atoms with Gasteiger partial charge in [0.05, 0.1) is 7.11 Å². The highest BCUT2D eigenvalue weighted by Gasteiger charge is 2.08. The lowest BCUT2D eigenvalue weighted by molar-refractivity contribution is 0.408. The summed E-state index contributed by atoms with van der Waals surface area (Å²) in [7, 11) is 3.64. The van der Waals surface area contributed by atoms with Crippen LogP contribution >= 0.6 is 27.3 Å². The SMILES string of the molecule is CNCc1cc(-c2sccc2Br)ccc1OC. The lowest BCUT2D eigenvalue weighted by atomic mass is 10.1. The zero-order valence-electron chi connectivity index (χ0n) is 9.79. The van der Waals surface area contributed by atoms with Crippen LogP contribution in [0.25, 0.3) is 10.4 Å². The molecular formula is C13H14BrNOS. The number of methoxy groups -OCH3 is 1. The van der Waals surface area contributed by atoms with Crippen LogP contribution in [0.5, 0.6) is 5.75 Å². The number of thiophene rings is 1. The molecule has 90 valence electrons. The first-order valence-corrected chi connectivity index (χ1v) is 6.98. The molecule has 0 fully saturated rings. The molecular weight excluding hydrogens is 298 g/mol. The molecule has 1 N–H and O–H groups in total. The van der Waals surface area contributed by atoms with Gasteiger partial charge in [-0.2, -0.15) is 0 Å². The van der Waals surface area contributed by atoms with Gasteiger partial charge in [-0.25, -0.2) is 0 Å².